The first-order valence-electron chi connectivity index (χ1n) is 3.49. The lowest BCUT2D eigenvalue weighted by atomic mass is 10.2. The zero-order chi connectivity index (χ0) is 7.40. The van der Waals surface area contributed by atoms with Gasteiger partial charge in [0.2, 0.25) is 0 Å². The van der Waals surface area contributed by atoms with Gasteiger partial charge in [0, 0.05) is 6.42 Å². The molecule has 0 aliphatic carbocycles. The molecule has 0 aliphatic rings. The molecule has 1 atom stereocenters. The van der Waals surface area contributed by atoms with E-state index in [4.69, 9.17) is 9.52 Å². The molecule has 1 rings (SSSR count). The Bertz CT molecular complexity index is 165. The molecule has 1 aromatic heterocycles. The smallest absolute Gasteiger partial charge is 0.103 e. The van der Waals surface area contributed by atoms with Gasteiger partial charge in [0.05, 0.1) is 12.4 Å². The molecule has 0 aliphatic heterocycles. The molecule has 0 amide bonds. The van der Waals surface area contributed by atoms with Crippen LogP contribution in [0.3, 0.4) is 0 Å². The summed E-state index contributed by atoms with van der Waals surface area (Å²) in [5.74, 6) is 0.945. The van der Waals surface area contributed by atoms with Crippen LogP contribution in [-0.4, -0.2) is 11.2 Å². The molecule has 0 saturated carbocycles. The Kier molecular flexibility index (Phi) is 2.51. The summed E-state index contributed by atoms with van der Waals surface area (Å²) in [4.78, 5) is 0. The van der Waals surface area contributed by atoms with Crippen LogP contribution < -0.4 is 0 Å². The molecule has 0 spiro atoms. The fraction of sp³-hybridized carbons (Fsp3) is 0.500. The predicted molar refractivity (Wildman–Crippen MR) is 38.7 cm³/mol. The van der Waals surface area contributed by atoms with E-state index in [1.165, 1.54) is 0 Å². The highest BCUT2D eigenvalue weighted by atomic mass is 16.3. The summed E-state index contributed by atoms with van der Waals surface area (Å²) in [5, 5.41) is 8.91. The van der Waals surface area contributed by atoms with Crippen molar-refractivity contribution in [3.63, 3.8) is 0 Å². The number of furan rings is 1. The van der Waals surface area contributed by atoms with Gasteiger partial charge in [-0.1, -0.05) is 0 Å². The van der Waals surface area contributed by atoms with Gasteiger partial charge in [-0.25, -0.2) is 0 Å². The van der Waals surface area contributed by atoms with E-state index >= 15 is 0 Å². The first kappa shape index (κ1) is 7.35. The van der Waals surface area contributed by atoms with E-state index in [2.05, 4.69) is 0 Å². The van der Waals surface area contributed by atoms with Gasteiger partial charge < -0.3 is 9.52 Å². The Morgan fingerprint density at radius 3 is 3.00 bits per heavy atom. The molecule has 0 unspecified atom stereocenters. The number of aliphatic hydroxyl groups excluding tert-OH is 1. The second kappa shape index (κ2) is 3.42. The molecule has 0 saturated heterocycles. The summed E-state index contributed by atoms with van der Waals surface area (Å²) in [7, 11) is 0. The predicted octanol–water partition coefficient (Wildman–Crippen LogP) is 1.59. The van der Waals surface area contributed by atoms with Crippen molar-refractivity contribution in [2.45, 2.75) is 25.9 Å². The van der Waals surface area contributed by atoms with Crippen molar-refractivity contribution >= 4 is 0 Å². The quantitative estimate of drug-likeness (QED) is 0.691. The molecule has 1 heterocycles. The van der Waals surface area contributed by atoms with Gasteiger partial charge in [-0.15, -0.1) is 0 Å². The lowest BCUT2D eigenvalue weighted by Gasteiger charge is -1.99. The zero-order valence-electron chi connectivity index (χ0n) is 6.08. The van der Waals surface area contributed by atoms with Crippen LogP contribution in [0.5, 0.6) is 0 Å². The van der Waals surface area contributed by atoms with Gasteiger partial charge in [0.15, 0.2) is 0 Å². The summed E-state index contributed by atoms with van der Waals surface area (Å²) in [6, 6.07) is 3.78. The monoisotopic (exact) mass is 140 g/mol. The summed E-state index contributed by atoms with van der Waals surface area (Å²) in [6.45, 7) is 1.78. The van der Waals surface area contributed by atoms with Gasteiger partial charge in [-0.2, -0.15) is 0 Å². The SMILES string of the molecule is C[C@@H](O)CCc1ccco1. The van der Waals surface area contributed by atoms with E-state index in [0.717, 1.165) is 18.6 Å². The fourth-order valence-corrected chi connectivity index (χ4v) is 0.806. The average molecular weight is 140 g/mol. The third-order valence-electron chi connectivity index (χ3n) is 1.39. The number of aryl methyl sites for hydroxylation is 1. The van der Waals surface area contributed by atoms with E-state index in [1.54, 1.807) is 13.2 Å². The molecule has 1 N–H and O–H groups in total. The minimum atomic E-state index is -0.231. The van der Waals surface area contributed by atoms with Gasteiger partial charge in [0.25, 0.3) is 0 Å². The van der Waals surface area contributed by atoms with E-state index in [-0.39, 0.29) is 6.10 Å². The van der Waals surface area contributed by atoms with E-state index < -0.39 is 0 Å². The summed E-state index contributed by atoms with van der Waals surface area (Å²) in [6.07, 6.45) is 3.01. The maximum absolute atomic E-state index is 8.91. The highest BCUT2D eigenvalue weighted by Crippen LogP contribution is 2.04. The Morgan fingerprint density at radius 2 is 2.50 bits per heavy atom. The van der Waals surface area contributed by atoms with Crippen molar-refractivity contribution in [2.24, 2.45) is 0 Å². The van der Waals surface area contributed by atoms with Crippen molar-refractivity contribution in [3.8, 4) is 0 Å². The summed E-state index contributed by atoms with van der Waals surface area (Å²) < 4.78 is 5.07. The fourth-order valence-electron chi connectivity index (χ4n) is 0.806. The van der Waals surface area contributed by atoms with Crippen LogP contribution in [0.15, 0.2) is 22.8 Å². The highest BCUT2D eigenvalue weighted by Gasteiger charge is 1.98. The van der Waals surface area contributed by atoms with Crippen molar-refractivity contribution in [1.29, 1.82) is 0 Å². The molecular weight excluding hydrogens is 128 g/mol. The van der Waals surface area contributed by atoms with E-state index in [1.807, 2.05) is 12.1 Å². The maximum atomic E-state index is 8.91. The molecule has 10 heavy (non-hydrogen) atoms. The molecule has 0 fully saturated rings. The molecule has 1 aromatic rings. The van der Waals surface area contributed by atoms with Gasteiger partial charge >= 0.3 is 0 Å². The summed E-state index contributed by atoms with van der Waals surface area (Å²) >= 11 is 0. The van der Waals surface area contributed by atoms with Crippen molar-refractivity contribution in [1.82, 2.24) is 0 Å². The van der Waals surface area contributed by atoms with Gasteiger partial charge in [0.1, 0.15) is 5.76 Å². The molecule has 0 radical (unpaired) electrons. The topological polar surface area (TPSA) is 33.4 Å². The summed E-state index contributed by atoms with van der Waals surface area (Å²) in [5.41, 5.74) is 0. The lowest BCUT2D eigenvalue weighted by molar-refractivity contribution is 0.182. The van der Waals surface area contributed by atoms with E-state index in [9.17, 15) is 0 Å². The number of hydrogen-bond donors (Lipinski definition) is 1. The number of rotatable bonds is 3. The minimum absolute atomic E-state index is 0.231. The van der Waals surface area contributed by atoms with Crippen molar-refractivity contribution < 1.29 is 9.52 Å². The molecule has 2 heteroatoms. The van der Waals surface area contributed by atoms with Gasteiger partial charge in [-0.3, -0.25) is 0 Å². The first-order chi connectivity index (χ1) is 4.79. The Labute approximate surface area is 60.5 Å². The average Bonchev–Trinajstić information content (AvgIpc) is 2.34. The maximum Gasteiger partial charge on any atom is 0.103 e. The van der Waals surface area contributed by atoms with Crippen molar-refractivity contribution in [3.05, 3.63) is 24.2 Å². The van der Waals surface area contributed by atoms with Gasteiger partial charge in [-0.05, 0) is 25.5 Å². The van der Waals surface area contributed by atoms with Crippen LogP contribution in [0.4, 0.5) is 0 Å². The number of hydrogen-bond acceptors (Lipinski definition) is 2. The first-order valence-corrected chi connectivity index (χ1v) is 3.49. The molecule has 0 bridgehead atoms. The third kappa shape index (κ3) is 2.23. The normalized spacial score (nSPS) is 13.4. The molecule has 56 valence electrons. The Balaban J connectivity index is 2.28. The van der Waals surface area contributed by atoms with Crippen LogP contribution >= 0.6 is 0 Å². The molecule has 2 nitrogen and oxygen atoms in total. The van der Waals surface area contributed by atoms with Crippen LogP contribution in [-0.2, 0) is 6.42 Å². The van der Waals surface area contributed by atoms with Crippen LogP contribution in [0.25, 0.3) is 0 Å². The second-order valence-electron chi connectivity index (χ2n) is 2.47. The number of aliphatic hydroxyl groups is 1. The largest absolute Gasteiger partial charge is 0.469 e. The van der Waals surface area contributed by atoms with Crippen molar-refractivity contribution in [2.75, 3.05) is 0 Å². The van der Waals surface area contributed by atoms with Crippen LogP contribution in [0.2, 0.25) is 0 Å². The standard InChI is InChI=1S/C8H12O2/c1-7(9)4-5-8-3-2-6-10-8/h2-3,6-7,9H,4-5H2,1H3/t7-/m1/s1. The van der Waals surface area contributed by atoms with Crippen LogP contribution in [0, 0.1) is 0 Å². The van der Waals surface area contributed by atoms with E-state index in [0.29, 0.717) is 0 Å². The second-order valence-corrected chi connectivity index (χ2v) is 2.47. The van der Waals surface area contributed by atoms with Crippen LogP contribution in [0.1, 0.15) is 19.1 Å². The third-order valence-corrected chi connectivity index (χ3v) is 1.39. The Hall–Kier alpha value is -0.760. The highest BCUT2D eigenvalue weighted by molar-refractivity contribution is 4.97. The molecular formula is C8H12O2. The molecule has 0 aromatic carbocycles. The zero-order valence-corrected chi connectivity index (χ0v) is 6.08. The Morgan fingerprint density at radius 1 is 1.70 bits per heavy atom. The lowest BCUT2D eigenvalue weighted by Crippen LogP contribution is -2.00. The minimum Gasteiger partial charge on any atom is -0.469 e.